The largest absolute Gasteiger partial charge is 0.489 e. The van der Waals surface area contributed by atoms with Crippen LogP contribution in [0.2, 0.25) is 0 Å². The fraction of sp³-hybridized carbons (Fsp3) is 0.310. The Labute approximate surface area is 210 Å². The van der Waals surface area contributed by atoms with E-state index >= 15 is 0 Å². The average molecular weight is 523 g/mol. The molecular weight excluding hydrogens is 492 g/mol. The van der Waals surface area contributed by atoms with Gasteiger partial charge in [-0.15, -0.1) is 0 Å². The van der Waals surface area contributed by atoms with Crippen LogP contribution in [0.3, 0.4) is 0 Å². The summed E-state index contributed by atoms with van der Waals surface area (Å²) in [6.45, 7) is 6.02. The second-order valence-electron chi connectivity index (χ2n) is 8.05. The van der Waals surface area contributed by atoms with Gasteiger partial charge >= 0.3 is 0 Å². The third-order valence-corrected chi connectivity index (χ3v) is 6.51. The molecule has 3 aromatic rings. The Hall–Kier alpha value is -2.60. The highest BCUT2D eigenvalue weighted by Gasteiger charge is 2.20. The van der Waals surface area contributed by atoms with Gasteiger partial charge in [-0.25, -0.2) is 0 Å². The minimum absolute atomic E-state index is 0.352. The number of aryl methyl sites for hydroxylation is 1. The Morgan fingerprint density at radius 1 is 0.794 bits per heavy atom. The van der Waals surface area contributed by atoms with Gasteiger partial charge in [0.05, 0.1) is 0 Å². The third-order valence-electron chi connectivity index (χ3n) is 5.71. The highest BCUT2D eigenvalue weighted by molar-refractivity contribution is 9.11. The maximum atomic E-state index is 6.06. The Morgan fingerprint density at radius 2 is 1.50 bits per heavy atom. The van der Waals surface area contributed by atoms with Crippen LogP contribution in [0.15, 0.2) is 77.3 Å². The van der Waals surface area contributed by atoms with Crippen LogP contribution in [0.1, 0.15) is 42.5 Å². The molecular formula is C29H31BrO4. The lowest BCUT2D eigenvalue weighted by molar-refractivity contribution is -0.152. The molecule has 1 aliphatic rings. The molecule has 0 atom stereocenters. The van der Waals surface area contributed by atoms with Crippen LogP contribution in [-0.4, -0.2) is 26.1 Å². The number of ether oxygens (including phenoxy) is 4. The first-order valence-electron chi connectivity index (χ1n) is 11.8. The van der Waals surface area contributed by atoms with E-state index < -0.39 is 0 Å². The van der Waals surface area contributed by atoms with Gasteiger partial charge in [0, 0.05) is 17.7 Å². The van der Waals surface area contributed by atoms with Gasteiger partial charge in [-0.3, -0.25) is 0 Å². The van der Waals surface area contributed by atoms with Crippen LogP contribution in [0, 0.1) is 0 Å². The predicted octanol–water partition coefficient (Wildman–Crippen LogP) is 7.14. The lowest BCUT2D eigenvalue weighted by Crippen LogP contribution is -2.25. The first kappa shape index (κ1) is 24.5. The van der Waals surface area contributed by atoms with Crippen LogP contribution in [0.4, 0.5) is 0 Å². The van der Waals surface area contributed by atoms with Gasteiger partial charge in [-0.1, -0.05) is 64.5 Å². The van der Waals surface area contributed by atoms with E-state index in [9.17, 15) is 0 Å². The van der Waals surface area contributed by atoms with Crippen LogP contribution < -0.4 is 9.47 Å². The lowest BCUT2D eigenvalue weighted by Gasteiger charge is -2.22. The van der Waals surface area contributed by atoms with E-state index in [-0.39, 0.29) is 6.29 Å². The molecule has 0 amide bonds. The maximum absolute atomic E-state index is 6.06. The lowest BCUT2D eigenvalue weighted by atomic mass is 9.87. The van der Waals surface area contributed by atoms with Crippen LogP contribution in [0.5, 0.6) is 11.5 Å². The van der Waals surface area contributed by atoms with Crippen molar-refractivity contribution in [1.82, 2.24) is 0 Å². The van der Waals surface area contributed by atoms with Crippen molar-refractivity contribution < 1.29 is 18.9 Å². The molecule has 5 heteroatoms. The molecule has 0 bridgehead atoms. The normalized spacial score (nSPS) is 13.2. The highest BCUT2D eigenvalue weighted by atomic mass is 79.9. The molecule has 0 fully saturated rings. The summed E-state index contributed by atoms with van der Waals surface area (Å²) >= 11 is 3.83. The minimum Gasteiger partial charge on any atom is -0.489 e. The Morgan fingerprint density at radius 3 is 2.21 bits per heavy atom. The summed E-state index contributed by atoms with van der Waals surface area (Å²) < 4.78 is 24.3. The third kappa shape index (κ3) is 6.29. The Bertz CT molecular complexity index is 1090. The van der Waals surface area contributed by atoms with E-state index in [0.717, 1.165) is 29.9 Å². The Balaban J connectivity index is 1.46. The molecule has 3 aromatic carbocycles. The van der Waals surface area contributed by atoms with E-state index in [1.807, 2.05) is 44.2 Å². The van der Waals surface area contributed by atoms with Gasteiger partial charge in [-0.2, -0.15) is 0 Å². The highest BCUT2D eigenvalue weighted by Crippen LogP contribution is 2.40. The number of hydrogen-bond donors (Lipinski definition) is 0. The molecule has 0 spiro atoms. The second-order valence-corrected chi connectivity index (χ2v) is 9.01. The molecule has 178 valence electrons. The van der Waals surface area contributed by atoms with Crippen molar-refractivity contribution in [2.75, 3.05) is 19.8 Å². The maximum Gasteiger partial charge on any atom is 0.191 e. The predicted molar refractivity (Wildman–Crippen MR) is 139 cm³/mol. The van der Waals surface area contributed by atoms with Gasteiger partial charge in [0.15, 0.2) is 6.29 Å². The number of allylic oxidation sites excluding steroid dienone is 1. The van der Waals surface area contributed by atoms with Gasteiger partial charge in [-0.05, 0) is 78.8 Å². The monoisotopic (exact) mass is 522 g/mol. The number of fused-ring (bicyclic) bond motifs is 1. The molecule has 0 unspecified atom stereocenters. The molecule has 0 aromatic heterocycles. The molecule has 34 heavy (non-hydrogen) atoms. The van der Waals surface area contributed by atoms with Crippen molar-refractivity contribution in [1.29, 1.82) is 0 Å². The summed E-state index contributed by atoms with van der Waals surface area (Å²) in [6, 6.07) is 24.9. The van der Waals surface area contributed by atoms with E-state index in [2.05, 4.69) is 58.4 Å². The van der Waals surface area contributed by atoms with Gasteiger partial charge in [0.2, 0.25) is 0 Å². The van der Waals surface area contributed by atoms with Crippen LogP contribution in [-0.2, 0) is 22.5 Å². The van der Waals surface area contributed by atoms with E-state index in [1.165, 1.54) is 26.7 Å². The molecule has 0 saturated carbocycles. The zero-order valence-corrected chi connectivity index (χ0v) is 21.3. The molecule has 4 nitrogen and oxygen atoms in total. The molecule has 0 saturated heterocycles. The van der Waals surface area contributed by atoms with Crippen LogP contribution in [0.25, 0.3) is 5.57 Å². The molecule has 1 aliphatic carbocycles. The summed E-state index contributed by atoms with van der Waals surface area (Å²) in [4.78, 5) is 0. The van der Waals surface area contributed by atoms with Crippen molar-refractivity contribution in [3.63, 3.8) is 0 Å². The van der Waals surface area contributed by atoms with Crippen molar-refractivity contribution in [2.45, 2.75) is 39.6 Å². The standard InChI is InChI=1S/C29H31BrO4/c1-3-31-28(32-4-2)20-34-24-13-10-22(11-14-24)29-26-16-15-25(18-23(26)12-17-27(29)30)33-19-21-8-6-5-7-9-21/h5-11,13-16,18,28H,3-4,12,17,19-20H2,1-2H3. The van der Waals surface area contributed by atoms with Crippen LogP contribution >= 0.6 is 15.9 Å². The molecule has 0 N–H and O–H groups in total. The fourth-order valence-electron chi connectivity index (χ4n) is 4.08. The number of benzene rings is 3. The van der Waals surface area contributed by atoms with Crippen molar-refractivity contribution in [2.24, 2.45) is 0 Å². The van der Waals surface area contributed by atoms with E-state index in [4.69, 9.17) is 18.9 Å². The molecule has 0 aliphatic heterocycles. The average Bonchev–Trinajstić information content (AvgIpc) is 2.87. The van der Waals surface area contributed by atoms with Crippen molar-refractivity contribution in [3.8, 4) is 11.5 Å². The summed E-state index contributed by atoms with van der Waals surface area (Å²) in [5.74, 6) is 1.70. The molecule has 4 rings (SSSR count). The van der Waals surface area contributed by atoms with Gasteiger partial charge < -0.3 is 18.9 Å². The Kier molecular flexibility index (Phi) is 8.80. The van der Waals surface area contributed by atoms with Crippen molar-refractivity contribution >= 4 is 21.5 Å². The SMILES string of the molecule is CCOC(COc1ccc(C2=C(Br)CCc3cc(OCc4ccccc4)ccc32)cc1)OCC. The first-order valence-corrected chi connectivity index (χ1v) is 12.6. The summed E-state index contributed by atoms with van der Waals surface area (Å²) in [6.07, 6.45) is 1.60. The smallest absolute Gasteiger partial charge is 0.191 e. The van der Waals surface area contributed by atoms with Crippen molar-refractivity contribution in [3.05, 3.63) is 99.5 Å². The quantitative estimate of drug-likeness (QED) is 0.250. The van der Waals surface area contributed by atoms with Gasteiger partial charge in [0.25, 0.3) is 0 Å². The number of halogens is 1. The number of hydrogen-bond acceptors (Lipinski definition) is 4. The zero-order valence-electron chi connectivity index (χ0n) is 19.8. The molecule has 0 heterocycles. The minimum atomic E-state index is -0.352. The van der Waals surface area contributed by atoms with E-state index in [1.54, 1.807) is 0 Å². The van der Waals surface area contributed by atoms with E-state index in [0.29, 0.717) is 26.4 Å². The topological polar surface area (TPSA) is 36.9 Å². The zero-order chi connectivity index (χ0) is 23.8. The summed E-state index contributed by atoms with van der Waals surface area (Å²) in [5.41, 5.74) is 6.10. The first-order chi connectivity index (χ1) is 16.7. The number of rotatable bonds is 11. The van der Waals surface area contributed by atoms with Gasteiger partial charge in [0.1, 0.15) is 24.7 Å². The summed E-state index contributed by atoms with van der Waals surface area (Å²) in [5, 5.41) is 0. The molecule has 0 radical (unpaired) electrons. The second kappa shape index (κ2) is 12.2. The fourth-order valence-corrected chi connectivity index (χ4v) is 4.72. The summed E-state index contributed by atoms with van der Waals surface area (Å²) in [7, 11) is 0.